The van der Waals surface area contributed by atoms with Gasteiger partial charge in [-0.1, -0.05) is 48.6 Å². The molecule has 0 fully saturated rings. The van der Waals surface area contributed by atoms with Crippen LogP contribution in [0, 0.1) is 16.7 Å². The second kappa shape index (κ2) is 7.41. The van der Waals surface area contributed by atoms with Crippen molar-refractivity contribution in [2.45, 2.75) is 26.2 Å². The average Bonchev–Trinajstić information content (AvgIpc) is 2.58. The molecule has 1 heterocycles. The fourth-order valence-electron chi connectivity index (χ4n) is 3.12. The van der Waals surface area contributed by atoms with Crippen LogP contribution in [0.5, 0.6) is 0 Å². The van der Waals surface area contributed by atoms with Crippen molar-refractivity contribution in [3.05, 3.63) is 59.8 Å². The second-order valence-electron chi connectivity index (χ2n) is 5.63. The van der Waals surface area contributed by atoms with Gasteiger partial charge in [0, 0.05) is 11.6 Å². The molecule has 1 N–H and O–H groups in total. The summed E-state index contributed by atoms with van der Waals surface area (Å²) in [6, 6.07) is 11.8. The Hall–Kier alpha value is -2.45. The van der Waals surface area contributed by atoms with E-state index in [4.69, 9.17) is 17.0 Å². The minimum absolute atomic E-state index is 0.266. The van der Waals surface area contributed by atoms with E-state index in [-0.39, 0.29) is 6.61 Å². The molecule has 24 heavy (non-hydrogen) atoms. The van der Waals surface area contributed by atoms with Gasteiger partial charge < -0.3 is 10.1 Å². The number of hydrogen-bond donors (Lipinski definition) is 1. The zero-order valence-corrected chi connectivity index (χ0v) is 14.7. The van der Waals surface area contributed by atoms with Crippen LogP contribution in [-0.4, -0.2) is 17.6 Å². The van der Waals surface area contributed by atoms with Gasteiger partial charge in [-0.2, -0.15) is 5.26 Å². The number of hydrogen-bond acceptors (Lipinski definition) is 4. The molecule has 1 aliphatic rings. The van der Waals surface area contributed by atoms with E-state index >= 15 is 0 Å². The molecule has 0 amide bonds. The normalized spacial score (nSPS) is 23.2. The number of esters is 1. The van der Waals surface area contributed by atoms with E-state index in [0.717, 1.165) is 5.56 Å². The van der Waals surface area contributed by atoms with Gasteiger partial charge in [-0.3, -0.25) is 0 Å². The fourth-order valence-corrected chi connectivity index (χ4v) is 3.52. The molecule has 124 valence electrons. The summed E-state index contributed by atoms with van der Waals surface area (Å²) in [6.07, 6.45) is 2.00. The minimum atomic E-state index is -1.07. The minimum Gasteiger partial charge on any atom is -0.463 e. The molecule has 1 aliphatic heterocycles. The maximum absolute atomic E-state index is 12.6. The van der Waals surface area contributed by atoms with Crippen LogP contribution in [0.15, 0.2) is 54.3 Å². The largest absolute Gasteiger partial charge is 0.463 e. The molecule has 0 bridgehead atoms. The number of carbonyl (C=O) groups excluding carboxylic acids is 1. The maximum atomic E-state index is 12.6. The van der Waals surface area contributed by atoms with Crippen LogP contribution in [0.4, 0.5) is 0 Å². The lowest BCUT2D eigenvalue weighted by molar-refractivity contribution is -0.139. The Bertz CT molecular complexity index is 733. The molecule has 1 aromatic rings. The van der Waals surface area contributed by atoms with E-state index in [9.17, 15) is 10.1 Å². The van der Waals surface area contributed by atoms with Crippen molar-refractivity contribution in [1.82, 2.24) is 5.32 Å². The molecule has 2 rings (SSSR count). The molecule has 4 nitrogen and oxygen atoms in total. The number of carbonyl (C=O) groups is 1. The Morgan fingerprint density at radius 1 is 1.50 bits per heavy atom. The molecule has 0 unspecified atom stereocenters. The van der Waals surface area contributed by atoms with Crippen LogP contribution in [0.3, 0.4) is 0 Å². The van der Waals surface area contributed by atoms with Crippen molar-refractivity contribution in [2.24, 2.45) is 5.41 Å². The molecule has 0 aliphatic carbocycles. The first-order chi connectivity index (χ1) is 11.5. The quantitative estimate of drug-likeness (QED) is 0.504. The first-order valence-corrected chi connectivity index (χ1v) is 8.19. The van der Waals surface area contributed by atoms with Crippen molar-refractivity contribution in [3.8, 4) is 6.07 Å². The van der Waals surface area contributed by atoms with E-state index in [1.54, 1.807) is 19.9 Å². The Morgan fingerprint density at radius 2 is 2.17 bits per heavy atom. The highest BCUT2D eigenvalue weighted by molar-refractivity contribution is 7.80. The van der Waals surface area contributed by atoms with E-state index in [1.807, 2.05) is 30.3 Å². The van der Waals surface area contributed by atoms with E-state index in [2.05, 4.69) is 18.0 Å². The van der Waals surface area contributed by atoms with Crippen LogP contribution < -0.4 is 5.32 Å². The third kappa shape index (κ3) is 2.98. The van der Waals surface area contributed by atoms with Crippen LogP contribution in [0.25, 0.3) is 0 Å². The maximum Gasteiger partial charge on any atom is 0.336 e. The number of ether oxygens (including phenoxy) is 1. The number of nitrogens with one attached hydrogen (secondary N) is 1. The number of nitriles is 1. The molecule has 0 saturated heterocycles. The summed E-state index contributed by atoms with van der Waals surface area (Å²) in [5.41, 5.74) is 0.856. The zero-order valence-electron chi connectivity index (χ0n) is 13.8. The summed E-state index contributed by atoms with van der Waals surface area (Å²) in [5.74, 6) is -0.933. The Kier molecular flexibility index (Phi) is 5.53. The summed E-state index contributed by atoms with van der Waals surface area (Å²) in [6.45, 7) is 7.57. The molecule has 0 saturated carbocycles. The number of thiocarbonyl (C=S) groups is 1. The van der Waals surface area contributed by atoms with E-state index in [0.29, 0.717) is 22.7 Å². The lowest BCUT2D eigenvalue weighted by Gasteiger charge is -2.41. The SMILES string of the molecule is C=CC[C@@]1(C#N)C(=S)NC(C)=C(C(=O)OCC)[C@H]1c1ccccc1. The predicted molar refractivity (Wildman–Crippen MR) is 97.1 cm³/mol. The number of benzene rings is 1. The smallest absolute Gasteiger partial charge is 0.336 e. The molecular formula is C19H20N2O2S. The molecule has 0 aromatic heterocycles. The van der Waals surface area contributed by atoms with Gasteiger partial charge in [0.25, 0.3) is 0 Å². The summed E-state index contributed by atoms with van der Waals surface area (Å²) < 4.78 is 5.24. The Balaban J connectivity index is 2.73. The fraction of sp³-hybridized carbons (Fsp3) is 0.316. The molecule has 5 heteroatoms. The van der Waals surface area contributed by atoms with Crippen LogP contribution in [0.1, 0.15) is 31.7 Å². The molecule has 1 aromatic carbocycles. The van der Waals surface area contributed by atoms with Gasteiger partial charge in [0.05, 0.1) is 18.2 Å². The zero-order chi connectivity index (χ0) is 17.7. The van der Waals surface area contributed by atoms with Gasteiger partial charge in [-0.15, -0.1) is 6.58 Å². The van der Waals surface area contributed by atoms with E-state index in [1.165, 1.54) is 0 Å². The third-order valence-electron chi connectivity index (χ3n) is 4.19. The third-order valence-corrected chi connectivity index (χ3v) is 4.65. The van der Waals surface area contributed by atoms with Crippen LogP contribution >= 0.6 is 12.2 Å². The summed E-state index contributed by atoms with van der Waals surface area (Å²) in [5, 5.41) is 13.0. The molecule has 2 atom stereocenters. The molecule has 0 spiro atoms. The van der Waals surface area contributed by atoms with Gasteiger partial charge >= 0.3 is 5.97 Å². The van der Waals surface area contributed by atoms with Crippen molar-refractivity contribution < 1.29 is 9.53 Å². The highest BCUT2D eigenvalue weighted by Crippen LogP contribution is 2.48. The van der Waals surface area contributed by atoms with Crippen molar-refractivity contribution in [1.29, 1.82) is 5.26 Å². The van der Waals surface area contributed by atoms with Crippen molar-refractivity contribution >= 4 is 23.2 Å². The van der Waals surface area contributed by atoms with Gasteiger partial charge in [0.2, 0.25) is 0 Å². The summed E-state index contributed by atoms with van der Waals surface area (Å²) in [7, 11) is 0. The van der Waals surface area contributed by atoms with Crippen LogP contribution in [-0.2, 0) is 9.53 Å². The second-order valence-corrected chi connectivity index (χ2v) is 6.04. The van der Waals surface area contributed by atoms with E-state index < -0.39 is 17.3 Å². The number of nitrogens with zero attached hydrogens (tertiary/aromatic N) is 1. The summed E-state index contributed by atoms with van der Waals surface area (Å²) in [4.78, 5) is 13.0. The van der Waals surface area contributed by atoms with Gasteiger partial charge in [0.1, 0.15) is 10.4 Å². The Morgan fingerprint density at radius 3 is 2.71 bits per heavy atom. The van der Waals surface area contributed by atoms with Gasteiger partial charge in [-0.25, -0.2) is 4.79 Å². The standard InChI is InChI=1S/C19H20N2O2S/c1-4-11-19(12-20)16(14-9-7-6-8-10-14)15(17(22)23-5-2)13(3)21-18(19)24/h4,6-10,16H,1,5,11H2,2-3H3,(H,21,24)/t16-,19+/m1/s1. The van der Waals surface area contributed by atoms with Crippen molar-refractivity contribution in [2.75, 3.05) is 6.61 Å². The highest BCUT2D eigenvalue weighted by Gasteiger charge is 2.50. The van der Waals surface area contributed by atoms with Crippen LogP contribution in [0.2, 0.25) is 0 Å². The lowest BCUT2D eigenvalue weighted by Crippen LogP contribution is -2.48. The number of allylic oxidation sites excluding steroid dienone is 2. The molecule has 0 radical (unpaired) electrons. The first kappa shape index (κ1) is 17.9. The lowest BCUT2D eigenvalue weighted by atomic mass is 9.65. The molecular weight excluding hydrogens is 320 g/mol. The number of rotatable bonds is 5. The Labute approximate surface area is 147 Å². The first-order valence-electron chi connectivity index (χ1n) is 7.78. The average molecular weight is 340 g/mol. The monoisotopic (exact) mass is 340 g/mol. The van der Waals surface area contributed by atoms with Gasteiger partial charge in [-0.05, 0) is 25.8 Å². The summed E-state index contributed by atoms with van der Waals surface area (Å²) >= 11 is 5.49. The highest BCUT2D eigenvalue weighted by atomic mass is 32.1. The van der Waals surface area contributed by atoms with Crippen molar-refractivity contribution in [3.63, 3.8) is 0 Å². The van der Waals surface area contributed by atoms with Gasteiger partial charge in [0.15, 0.2) is 0 Å². The topological polar surface area (TPSA) is 62.1 Å². The predicted octanol–water partition coefficient (Wildman–Crippen LogP) is 3.62.